The highest BCUT2D eigenvalue weighted by Crippen LogP contribution is 2.41. The molecule has 2 nitrogen and oxygen atoms in total. The Morgan fingerprint density at radius 1 is 1.33 bits per heavy atom. The highest BCUT2D eigenvalue weighted by atomic mass is 79.9. The number of aromatic nitrogens is 1. The molecular formula is C12H17BrN2. The molecule has 0 saturated heterocycles. The predicted molar refractivity (Wildman–Crippen MR) is 65.8 cm³/mol. The van der Waals surface area contributed by atoms with Gasteiger partial charge in [0.1, 0.15) is 0 Å². The first-order valence-corrected chi connectivity index (χ1v) is 6.38. The first-order valence-electron chi connectivity index (χ1n) is 5.58. The third kappa shape index (κ3) is 2.08. The van der Waals surface area contributed by atoms with E-state index in [0.717, 1.165) is 11.0 Å². The first kappa shape index (κ1) is 11.1. The fourth-order valence-electron chi connectivity index (χ4n) is 2.62. The van der Waals surface area contributed by atoms with Crippen LogP contribution in [0.4, 0.5) is 0 Å². The number of halogens is 1. The van der Waals surface area contributed by atoms with Crippen molar-refractivity contribution in [3.05, 3.63) is 28.5 Å². The third-order valence-electron chi connectivity index (χ3n) is 3.55. The van der Waals surface area contributed by atoms with E-state index in [1.165, 1.54) is 37.7 Å². The SMILES string of the molecule is NCC1(c2ccncc2Br)CCCCC1. The van der Waals surface area contributed by atoms with Crippen LogP contribution in [0.2, 0.25) is 0 Å². The molecule has 0 spiro atoms. The summed E-state index contributed by atoms with van der Waals surface area (Å²) in [6.07, 6.45) is 10.1. The first-order chi connectivity index (χ1) is 7.28. The van der Waals surface area contributed by atoms with Crippen molar-refractivity contribution in [2.24, 2.45) is 5.73 Å². The van der Waals surface area contributed by atoms with Crippen LogP contribution in [0.1, 0.15) is 37.7 Å². The Morgan fingerprint density at radius 2 is 2.07 bits per heavy atom. The van der Waals surface area contributed by atoms with Gasteiger partial charge in [-0.1, -0.05) is 19.3 Å². The van der Waals surface area contributed by atoms with E-state index in [1.807, 2.05) is 12.4 Å². The summed E-state index contributed by atoms with van der Waals surface area (Å²) in [7, 11) is 0. The van der Waals surface area contributed by atoms with Gasteiger partial charge >= 0.3 is 0 Å². The van der Waals surface area contributed by atoms with Gasteiger partial charge in [0.2, 0.25) is 0 Å². The maximum Gasteiger partial charge on any atom is 0.0413 e. The van der Waals surface area contributed by atoms with E-state index >= 15 is 0 Å². The van der Waals surface area contributed by atoms with Crippen molar-refractivity contribution in [1.29, 1.82) is 0 Å². The number of rotatable bonds is 2. The lowest BCUT2D eigenvalue weighted by Gasteiger charge is -2.37. The van der Waals surface area contributed by atoms with E-state index in [2.05, 4.69) is 27.0 Å². The molecule has 0 unspecified atom stereocenters. The predicted octanol–water partition coefficient (Wildman–Crippen LogP) is 3.00. The highest BCUT2D eigenvalue weighted by molar-refractivity contribution is 9.10. The monoisotopic (exact) mass is 268 g/mol. The molecule has 1 aliphatic carbocycles. The summed E-state index contributed by atoms with van der Waals surface area (Å²) in [6.45, 7) is 0.746. The second-order valence-electron chi connectivity index (χ2n) is 4.40. The van der Waals surface area contributed by atoms with Crippen LogP contribution < -0.4 is 5.73 Å². The molecule has 15 heavy (non-hydrogen) atoms. The summed E-state index contributed by atoms with van der Waals surface area (Å²) in [4.78, 5) is 4.12. The molecule has 0 amide bonds. The number of hydrogen-bond acceptors (Lipinski definition) is 2. The smallest absolute Gasteiger partial charge is 0.0413 e. The van der Waals surface area contributed by atoms with Crippen molar-refractivity contribution in [1.82, 2.24) is 4.98 Å². The van der Waals surface area contributed by atoms with Gasteiger partial charge in [0, 0.05) is 28.8 Å². The van der Waals surface area contributed by atoms with E-state index in [1.54, 1.807) is 0 Å². The lowest BCUT2D eigenvalue weighted by molar-refractivity contribution is 0.299. The van der Waals surface area contributed by atoms with Crippen molar-refractivity contribution in [3.8, 4) is 0 Å². The van der Waals surface area contributed by atoms with E-state index in [0.29, 0.717) is 0 Å². The minimum atomic E-state index is 0.194. The van der Waals surface area contributed by atoms with Crippen LogP contribution in [-0.2, 0) is 5.41 Å². The van der Waals surface area contributed by atoms with Gasteiger partial charge in [-0.15, -0.1) is 0 Å². The molecule has 0 aliphatic heterocycles. The molecule has 0 bridgehead atoms. The second-order valence-corrected chi connectivity index (χ2v) is 5.25. The summed E-state index contributed by atoms with van der Waals surface area (Å²) in [5, 5.41) is 0. The fourth-order valence-corrected chi connectivity index (χ4v) is 3.29. The van der Waals surface area contributed by atoms with Crippen LogP contribution >= 0.6 is 15.9 Å². The average molecular weight is 269 g/mol. The highest BCUT2D eigenvalue weighted by Gasteiger charge is 2.33. The average Bonchev–Trinajstić information content (AvgIpc) is 2.30. The van der Waals surface area contributed by atoms with Gasteiger partial charge in [-0.05, 0) is 40.4 Å². The molecule has 0 atom stereocenters. The van der Waals surface area contributed by atoms with Crippen LogP contribution in [0, 0.1) is 0 Å². The molecule has 3 heteroatoms. The summed E-state index contributed by atoms with van der Waals surface area (Å²) in [5.41, 5.74) is 7.54. The molecule has 1 saturated carbocycles. The zero-order chi connectivity index (χ0) is 10.7. The Morgan fingerprint density at radius 3 is 2.67 bits per heavy atom. The van der Waals surface area contributed by atoms with Crippen molar-refractivity contribution in [3.63, 3.8) is 0 Å². The molecule has 1 aromatic rings. The Labute approximate surface area is 99.4 Å². The fraction of sp³-hybridized carbons (Fsp3) is 0.583. The number of hydrogen-bond donors (Lipinski definition) is 1. The summed E-state index contributed by atoms with van der Waals surface area (Å²) in [6, 6.07) is 2.11. The molecular weight excluding hydrogens is 252 g/mol. The Bertz CT molecular complexity index is 332. The van der Waals surface area contributed by atoms with Gasteiger partial charge < -0.3 is 5.73 Å². The zero-order valence-electron chi connectivity index (χ0n) is 8.88. The Kier molecular flexibility index (Phi) is 3.42. The minimum Gasteiger partial charge on any atom is -0.330 e. The van der Waals surface area contributed by atoms with Crippen LogP contribution in [-0.4, -0.2) is 11.5 Å². The lowest BCUT2D eigenvalue weighted by Crippen LogP contribution is -2.37. The standard InChI is InChI=1S/C12H17BrN2/c13-11-8-15-7-4-10(11)12(9-14)5-2-1-3-6-12/h4,7-8H,1-3,5-6,9,14H2. The lowest BCUT2D eigenvalue weighted by atomic mass is 9.70. The zero-order valence-corrected chi connectivity index (χ0v) is 10.5. The number of nitrogens with zero attached hydrogens (tertiary/aromatic N) is 1. The van der Waals surface area contributed by atoms with Gasteiger partial charge in [-0.2, -0.15) is 0 Å². The molecule has 1 fully saturated rings. The van der Waals surface area contributed by atoms with Crippen molar-refractivity contribution >= 4 is 15.9 Å². The van der Waals surface area contributed by atoms with Gasteiger partial charge in [0.05, 0.1) is 0 Å². The Hall–Kier alpha value is -0.410. The van der Waals surface area contributed by atoms with Crippen molar-refractivity contribution in [2.45, 2.75) is 37.5 Å². The van der Waals surface area contributed by atoms with E-state index in [9.17, 15) is 0 Å². The summed E-state index contributed by atoms with van der Waals surface area (Å²) >= 11 is 3.59. The van der Waals surface area contributed by atoms with Gasteiger partial charge in [0.15, 0.2) is 0 Å². The molecule has 0 radical (unpaired) electrons. The number of pyridine rings is 1. The number of nitrogens with two attached hydrogens (primary N) is 1. The molecule has 1 aliphatic rings. The molecule has 2 N–H and O–H groups in total. The van der Waals surface area contributed by atoms with E-state index < -0.39 is 0 Å². The van der Waals surface area contributed by atoms with Crippen LogP contribution in [0.3, 0.4) is 0 Å². The van der Waals surface area contributed by atoms with Gasteiger partial charge in [-0.3, -0.25) is 4.98 Å². The van der Waals surface area contributed by atoms with Crippen molar-refractivity contribution < 1.29 is 0 Å². The Balaban J connectivity index is 2.36. The van der Waals surface area contributed by atoms with Crippen LogP contribution in [0.15, 0.2) is 22.9 Å². The third-order valence-corrected chi connectivity index (χ3v) is 4.18. The summed E-state index contributed by atoms with van der Waals surface area (Å²) < 4.78 is 1.11. The van der Waals surface area contributed by atoms with Gasteiger partial charge in [-0.25, -0.2) is 0 Å². The maximum atomic E-state index is 6.00. The van der Waals surface area contributed by atoms with Crippen LogP contribution in [0.5, 0.6) is 0 Å². The molecule has 82 valence electrons. The molecule has 0 aromatic carbocycles. The molecule has 2 rings (SSSR count). The van der Waals surface area contributed by atoms with Gasteiger partial charge in [0.25, 0.3) is 0 Å². The minimum absolute atomic E-state index is 0.194. The largest absolute Gasteiger partial charge is 0.330 e. The van der Waals surface area contributed by atoms with Crippen LogP contribution in [0.25, 0.3) is 0 Å². The summed E-state index contributed by atoms with van der Waals surface area (Å²) in [5.74, 6) is 0. The maximum absolute atomic E-state index is 6.00. The topological polar surface area (TPSA) is 38.9 Å². The normalized spacial score (nSPS) is 20.1. The second kappa shape index (κ2) is 4.62. The van der Waals surface area contributed by atoms with Crippen molar-refractivity contribution in [2.75, 3.05) is 6.54 Å². The molecule has 1 heterocycles. The molecule has 1 aromatic heterocycles. The quantitative estimate of drug-likeness (QED) is 0.896. The van der Waals surface area contributed by atoms with E-state index in [-0.39, 0.29) is 5.41 Å². The van der Waals surface area contributed by atoms with E-state index in [4.69, 9.17) is 5.73 Å².